The summed E-state index contributed by atoms with van der Waals surface area (Å²) in [5, 5.41) is 0. The van der Waals surface area contributed by atoms with E-state index in [-0.39, 0.29) is 5.69 Å². The zero-order chi connectivity index (χ0) is 20.8. The van der Waals surface area contributed by atoms with Crippen molar-refractivity contribution in [1.29, 1.82) is 0 Å². The van der Waals surface area contributed by atoms with Crippen LogP contribution in [-0.4, -0.2) is 28.7 Å². The van der Waals surface area contributed by atoms with Crippen LogP contribution in [0.25, 0.3) is 28.0 Å². The Hall–Kier alpha value is -3.94. The summed E-state index contributed by atoms with van der Waals surface area (Å²) in [4.78, 5) is 26.3. The number of imidazole rings is 2. The van der Waals surface area contributed by atoms with Gasteiger partial charge in [-0.05, 0) is 61.9 Å². The van der Waals surface area contributed by atoms with Crippen molar-refractivity contribution in [3.05, 3.63) is 70.9 Å². The summed E-state index contributed by atoms with van der Waals surface area (Å²) in [6, 6.07) is 13.5. The monoisotopic (exact) mass is 400 g/mol. The molecule has 0 N–H and O–H groups in total. The van der Waals surface area contributed by atoms with Gasteiger partial charge in [0.05, 0.1) is 11.2 Å². The third-order valence-corrected chi connectivity index (χ3v) is 5.12. The van der Waals surface area contributed by atoms with Crippen LogP contribution in [0.2, 0.25) is 0 Å². The fourth-order valence-corrected chi connectivity index (χ4v) is 3.63. The van der Waals surface area contributed by atoms with Gasteiger partial charge in [-0.15, -0.1) is 0 Å². The molecule has 0 unspecified atom stereocenters. The Balaban J connectivity index is 1.53. The van der Waals surface area contributed by atoms with Crippen molar-refractivity contribution in [3.8, 4) is 17.4 Å². The zero-order valence-corrected chi connectivity index (χ0v) is 16.9. The molecule has 1 aromatic carbocycles. The summed E-state index contributed by atoms with van der Waals surface area (Å²) >= 11 is 0. The number of ether oxygens (including phenoxy) is 1. The van der Waals surface area contributed by atoms with E-state index >= 15 is 0 Å². The van der Waals surface area contributed by atoms with Crippen LogP contribution in [0.1, 0.15) is 12.5 Å². The van der Waals surface area contributed by atoms with Crippen LogP contribution in [0, 0.1) is 6.92 Å². The summed E-state index contributed by atoms with van der Waals surface area (Å²) in [7, 11) is 1.86. The predicted octanol–water partition coefficient (Wildman–Crippen LogP) is 3.59. The molecule has 0 spiro atoms. The smallest absolute Gasteiger partial charge is 0.334 e. The quantitative estimate of drug-likeness (QED) is 0.461. The molecule has 4 aromatic heterocycles. The maximum Gasteiger partial charge on any atom is 0.334 e. The first kappa shape index (κ1) is 18.1. The van der Waals surface area contributed by atoms with Gasteiger partial charge in [-0.2, -0.15) is 4.98 Å². The standard InChI is InChI=1S/C22H20N6O2/c1-4-27-18-12-14(2)13-24-20(18)28(22(27)29)15-7-9-16(10-8-15)30-21-25-17-6-5-11-23-19(17)26(21)3/h5-13H,4H2,1-3H3. The number of fused-ring (bicyclic) bond motifs is 2. The molecule has 0 fully saturated rings. The van der Waals surface area contributed by atoms with Gasteiger partial charge < -0.3 is 4.74 Å². The molecule has 0 aliphatic rings. The number of hydrogen-bond acceptors (Lipinski definition) is 5. The lowest BCUT2D eigenvalue weighted by atomic mass is 10.3. The van der Waals surface area contributed by atoms with E-state index in [1.807, 2.05) is 63.4 Å². The number of nitrogens with zero attached hydrogens (tertiary/aromatic N) is 6. The van der Waals surface area contributed by atoms with Crippen LogP contribution >= 0.6 is 0 Å². The minimum atomic E-state index is -0.110. The van der Waals surface area contributed by atoms with Gasteiger partial charge in [-0.1, -0.05) is 0 Å². The van der Waals surface area contributed by atoms with Crippen LogP contribution in [0.5, 0.6) is 11.8 Å². The van der Waals surface area contributed by atoms with E-state index in [0.717, 1.165) is 27.9 Å². The van der Waals surface area contributed by atoms with E-state index in [1.165, 1.54) is 0 Å². The highest BCUT2D eigenvalue weighted by Gasteiger charge is 2.16. The molecule has 0 saturated carbocycles. The van der Waals surface area contributed by atoms with Gasteiger partial charge in [-0.25, -0.2) is 19.3 Å². The van der Waals surface area contributed by atoms with Gasteiger partial charge in [0.1, 0.15) is 11.3 Å². The number of rotatable bonds is 4. The fourth-order valence-electron chi connectivity index (χ4n) is 3.63. The summed E-state index contributed by atoms with van der Waals surface area (Å²) in [6.07, 6.45) is 3.50. The Morgan fingerprint density at radius 1 is 1.07 bits per heavy atom. The average molecular weight is 400 g/mol. The molecule has 4 heterocycles. The van der Waals surface area contributed by atoms with Gasteiger partial charge in [0, 0.05) is 26.0 Å². The van der Waals surface area contributed by atoms with Crippen LogP contribution in [0.15, 0.2) is 59.7 Å². The van der Waals surface area contributed by atoms with Gasteiger partial charge in [0.15, 0.2) is 11.3 Å². The zero-order valence-electron chi connectivity index (χ0n) is 16.9. The van der Waals surface area contributed by atoms with E-state index in [2.05, 4.69) is 15.0 Å². The minimum Gasteiger partial charge on any atom is -0.425 e. The molecule has 0 aliphatic heterocycles. The van der Waals surface area contributed by atoms with Gasteiger partial charge in [0.25, 0.3) is 0 Å². The fraction of sp³-hybridized carbons (Fsp3) is 0.182. The van der Waals surface area contributed by atoms with Crippen molar-refractivity contribution < 1.29 is 4.74 Å². The Kier molecular flexibility index (Phi) is 4.13. The number of benzene rings is 1. The third kappa shape index (κ3) is 2.76. The lowest BCUT2D eigenvalue weighted by Gasteiger charge is -2.07. The molecule has 0 radical (unpaired) electrons. The Bertz CT molecular complexity index is 1440. The third-order valence-electron chi connectivity index (χ3n) is 5.12. The Morgan fingerprint density at radius 2 is 1.87 bits per heavy atom. The predicted molar refractivity (Wildman–Crippen MR) is 114 cm³/mol. The summed E-state index contributed by atoms with van der Waals surface area (Å²) < 4.78 is 11.1. The number of hydrogen-bond donors (Lipinski definition) is 0. The summed E-state index contributed by atoms with van der Waals surface area (Å²) in [5.74, 6) is 0.619. The molecule has 5 rings (SSSR count). The topological polar surface area (TPSA) is 79.8 Å². The maximum absolute atomic E-state index is 13.0. The highest BCUT2D eigenvalue weighted by atomic mass is 16.5. The molecule has 0 atom stereocenters. The highest BCUT2D eigenvalue weighted by molar-refractivity contribution is 5.74. The van der Waals surface area contributed by atoms with Crippen molar-refractivity contribution >= 4 is 22.3 Å². The van der Waals surface area contributed by atoms with E-state index in [0.29, 0.717) is 24.0 Å². The van der Waals surface area contributed by atoms with Crippen LogP contribution in [0.3, 0.4) is 0 Å². The van der Waals surface area contributed by atoms with Crippen molar-refractivity contribution in [3.63, 3.8) is 0 Å². The molecule has 8 nitrogen and oxygen atoms in total. The molecule has 30 heavy (non-hydrogen) atoms. The molecule has 5 aromatic rings. The SMILES string of the molecule is CCn1c(=O)n(-c2ccc(Oc3nc4cccnc4n3C)cc2)c2ncc(C)cc21. The van der Waals surface area contributed by atoms with Crippen molar-refractivity contribution in [1.82, 2.24) is 28.7 Å². The first-order valence-electron chi connectivity index (χ1n) is 9.70. The number of pyridine rings is 2. The molecule has 0 aliphatic carbocycles. The molecule has 0 saturated heterocycles. The molecule has 150 valence electrons. The maximum atomic E-state index is 13.0. The Labute approximate surface area is 172 Å². The molecule has 0 amide bonds. The molecule has 0 bridgehead atoms. The van der Waals surface area contributed by atoms with Crippen LogP contribution < -0.4 is 10.4 Å². The van der Waals surface area contributed by atoms with Crippen molar-refractivity contribution in [2.75, 3.05) is 0 Å². The van der Waals surface area contributed by atoms with Crippen LogP contribution in [0.4, 0.5) is 0 Å². The van der Waals surface area contributed by atoms with Gasteiger partial charge in [-0.3, -0.25) is 9.13 Å². The molecule has 8 heteroatoms. The second-order valence-corrected chi connectivity index (χ2v) is 7.11. The molecular formula is C22H20N6O2. The normalized spacial score (nSPS) is 11.4. The Morgan fingerprint density at radius 3 is 2.60 bits per heavy atom. The second-order valence-electron chi connectivity index (χ2n) is 7.11. The first-order chi connectivity index (χ1) is 14.6. The van der Waals surface area contributed by atoms with Gasteiger partial charge in [0.2, 0.25) is 0 Å². The van der Waals surface area contributed by atoms with E-state index in [1.54, 1.807) is 26.1 Å². The van der Waals surface area contributed by atoms with Crippen molar-refractivity contribution in [2.24, 2.45) is 7.05 Å². The second kappa shape index (κ2) is 6.84. The minimum absolute atomic E-state index is 0.110. The van der Waals surface area contributed by atoms with E-state index < -0.39 is 0 Å². The van der Waals surface area contributed by atoms with E-state index in [9.17, 15) is 4.79 Å². The average Bonchev–Trinajstić information content (AvgIpc) is 3.21. The lowest BCUT2D eigenvalue weighted by molar-refractivity contribution is 0.427. The number of aryl methyl sites for hydroxylation is 3. The summed E-state index contributed by atoms with van der Waals surface area (Å²) in [5.41, 5.74) is 4.63. The largest absolute Gasteiger partial charge is 0.425 e. The lowest BCUT2D eigenvalue weighted by Crippen LogP contribution is -2.22. The van der Waals surface area contributed by atoms with Crippen LogP contribution in [-0.2, 0) is 13.6 Å². The number of aromatic nitrogens is 6. The molecular weight excluding hydrogens is 380 g/mol. The summed E-state index contributed by atoms with van der Waals surface area (Å²) in [6.45, 7) is 4.50. The first-order valence-corrected chi connectivity index (χ1v) is 9.70. The van der Waals surface area contributed by atoms with E-state index in [4.69, 9.17) is 4.74 Å². The highest BCUT2D eigenvalue weighted by Crippen LogP contribution is 2.25. The van der Waals surface area contributed by atoms with Gasteiger partial charge >= 0.3 is 11.7 Å². The van der Waals surface area contributed by atoms with Crippen molar-refractivity contribution in [2.45, 2.75) is 20.4 Å².